The van der Waals surface area contributed by atoms with E-state index >= 15 is 0 Å². The highest BCUT2D eigenvalue weighted by Gasteiger charge is 2.20. The first-order valence-electron chi connectivity index (χ1n) is 5.73. The highest BCUT2D eigenvalue weighted by molar-refractivity contribution is 5.90. The largest absolute Gasteiger partial charge is 0.462 e. The lowest BCUT2D eigenvalue weighted by molar-refractivity contribution is -0.00576. The first kappa shape index (κ1) is 15.4. The van der Waals surface area contributed by atoms with Gasteiger partial charge in [0.15, 0.2) is 0 Å². The summed E-state index contributed by atoms with van der Waals surface area (Å²) in [7, 11) is 1.54. The van der Waals surface area contributed by atoms with Gasteiger partial charge >= 0.3 is 5.97 Å². The Morgan fingerprint density at radius 3 is 2.53 bits per heavy atom. The fourth-order valence-corrected chi connectivity index (χ4v) is 1.29. The van der Waals surface area contributed by atoms with Gasteiger partial charge in [0, 0.05) is 19.6 Å². The number of nitrogen functional groups attached to an aromatic ring is 1. The third kappa shape index (κ3) is 4.17. The average molecular weight is 273 g/mol. The SMILES string of the molecule is COC(C)(C)CCOC(=O)c1cc(F)c(N)cc1F. The number of hydrogen-bond acceptors (Lipinski definition) is 4. The number of rotatable bonds is 5. The summed E-state index contributed by atoms with van der Waals surface area (Å²) in [5.74, 6) is -2.69. The molecule has 6 heteroatoms. The molecule has 1 aromatic rings. The molecule has 0 heterocycles. The maximum Gasteiger partial charge on any atom is 0.341 e. The van der Waals surface area contributed by atoms with Gasteiger partial charge in [0.2, 0.25) is 0 Å². The maximum atomic E-state index is 13.4. The van der Waals surface area contributed by atoms with Crippen LogP contribution >= 0.6 is 0 Å². The predicted molar refractivity (Wildman–Crippen MR) is 66.8 cm³/mol. The number of nitrogens with two attached hydrogens (primary N) is 1. The summed E-state index contributed by atoms with van der Waals surface area (Å²) >= 11 is 0. The van der Waals surface area contributed by atoms with Gasteiger partial charge in [0.1, 0.15) is 11.6 Å². The van der Waals surface area contributed by atoms with Gasteiger partial charge in [0.05, 0.1) is 23.5 Å². The van der Waals surface area contributed by atoms with E-state index in [0.717, 1.165) is 12.1 Å². The lowest BCUT2D eigenvalue weighted by Gasteiger charge is -2.22. The molecule has 0 bridgehead atoms. The van der Waals surface area contributed by atoms with Crippen molar-refractivity contribution in [1.82, 2.24) is 0 Å². The van der Waals surface area contributed by atoms with Gasteiger partial charge in [-0.2, -0.15) is 0 Å². The molecular formula is C13H17F2NO3. The quantitative estimate of drug-likeness (QED) is 0.661. The third-order valence-electron chi connectivity index (χ3n) is 2.80. The topological polar surface area (TPSA) is 61.5 Å². The van der Waals surface area contributed by atoms with E-state index in [-0.39, 0.29) is 12.3 Å². The van der Waals surface area contributed by atoms with Gasteiger partial charge in [-0.25, -0.2) is 13.6 Å². The number of esters is 1. The van der Waals surface area contributed by atoms with E-state index < -0.39 is 28.8 Å². The van der Waals surface area contributed by atoms with Crippen LogP contribution in [-0.4, -0.2) is 25.3 Å². The van der Waals surface area contributed by atoms with Crippen molar-refractivity contribution >= 4 is 11.7 Å². The molecule has 0 amide bonds. The molecule has 0 radical (unpaired) electrons. The fraction of sp³-hybridized carbons (Fsp3) is 0.462. The summed E-state index contributed by atoms with van der Waals surface area (Å²) in [6.45, 7) is 3.69. The van der Waals surface area contributed by atoms with Crippen LogP contribution in [0.25, 0.3) is 0 Å². The van der Waals surface area contributed by atoms with Crippen molar-refractivity contribution in [2.75, 3.05) is 19.5 Å². The van der Waals surface area contributed by atoms with E-state index in [1.807, 2.05) is 13.8 Å². The maximum absolute atomic E-state index is 13.4. The van der Waals surface area contributed by atoms with Crippen LogP contribution in [0.3, 0.4) is 0 Å². The zero-order valence-electron chi connectivity index (χ0n) is 11.1. The van der Waals surface area contributed by atoms with Crippen LogP contribution in [0.5, 0.6) is 0 Å². The van der Waals surface area contributed by atoms with E-state index in [4.69, 9.17) is 15.2 Å². The Labute approximate surface area is 110 Å². The average Bonchev–Trinajstić information content (AvgIpc) is 2.33. The second-order valence-electron chi connectivity index (χ2n) is 4.70. The molecule has 106 valence electrons. The first-order valence-corrected chi connectivity index (χ1v) is 5.73. The second kappa shape index (κ2) is 5.97. The smallest absolute Gasteiger partial charge is 0.341 e. The highest BCUT2D eigenvalue weighted by Crippen LogP contribution is 2.18. The molecule has 0 aliphatic heterocycles. The number of benzene rings is 1. The molecule has 2 N–H and O–H groups in total. The Kier molecular flexibility index (Phi) is 4.83. The Balaban J connectivity index is 2.67. The number of ether oxygens (including phenoxy) is 2. The van der Waals surface area contributed by atoms with Crippen LogP contribution in [0.1, 0.15) is 30.6 Å². The molecule has 0 saturated carbocycles. The van der Waals surface area contributed by atoms with Crippen molar-refractivity contribution in [3.63, 3.8) is 0 Å². The van der Waals surface area contributed by atoms with Gasteiger partial charge in [-0.05, 0) is 19.9 Å². The van der Waals surface area contributed by atoms with Crippen LogP contribution in [0, 0.1) is 11.6 Å². The van der Waals surface area contributed by atoms with Crippen LogP contribution in [0.2, 0.25) is 0 Å². The zero-order valence-corrected chi connectivity index (χ0v) is 11.1. The second-order valence-corrected chi connectivity index (χ2v) is 4.70. The van der Waals surface area contributed by atoms with Crippen molar-refractivity contribution < 1.29 is 23.0 Å². The van der Waals surface area contributed by atoms with Gasteiger partial charge in [0.25, 0.3) is 0 Å². The number of anilines is 1. The highest BCUT2D eigenvalue weighted by atomic mass is 19.1. The molecule has 0 fully saturated rings. The predicted octanol–water partition coefficient (Wildman–Crippen LogP) is 2.52. The molecule has 4 nitrogen and oxygen atoms in total. The third-order valence-corrected chi connectivity index (χ3v) is 2.80. The van der Waals surface area contributed by atoms with Gasteiger partial charge in [-0.15, -0.1) is 0 Å². The van der Waals surface area contributed by atoms with E-state index in [1.165, 1.54) is 7.11 Å². The Bertz CT molecular complexity index is 475. The van der Waals surface area contributed by atoms with Gasteiger partial charge in [-0.3, -0.25) is 0 Å². The van der Waals surface area contributed by atoms with E-state index in [1.54, 1.807) is 0 Å². The van der Waals surface area contributed by atoms with Crippen LogP contribution in [0.4, 0.5) is 14.5 Å². The Hall–Kier alpha value is -1.69. The first-order chi connectivity index (χ1) is 8.76. The minimum Gasteiger partial charge on any atom is -0.462 e. The van der Waals surface area contributed by atoms with Crippen molar-refractivity contribution in [2.24, 2.45) is 0 Å². The zero-order chi connectivity index (χ0) is 14.6. The molecule has 0 aliphatic carbocycles. The van der Waals surface area contributed by atoms with E-state index in [2.05, 4.69) is 0 Å². The number of carbonyl (C=O) groups excluding carboxylic acids is 1. The van der Waals surface area contributed by atoms with Crippen LogP contribution < -0.4 is 5.73 Å². The lowest BCUT2D eigenvalue weighted by Crippen LogP contribution is -2.25. The molecule has 1 rings (SSSR count). The molecule has 0 unspecified atom stereocenters. The number of halogens is 2. The van der Waals surface area contributed by atoms with Crippen molar-refractivity contribution in [3.8, 4) is 0 Å². The van der Waals surface area contributed by atoms with Gasteiger partial charge in [-0.1, -0.05) is 0 Å². The number of methoxy groups -OCH3 is 1. The standard InChI is InChI=1S/C13H17F2NO3/c1-13(2,18-3)4-5-19-12(17)8-6-10(15)11(16)7-9(8)14/h6-7H,4-5,16H2,1-3H3. The minimum atomic E-state index is -0.927. The molecular weight excluding hydrogens is 256 g/mol. The molecule has 0 atom stereocenters. The molecule has 1 aromatic carbocycles. The van der Waals surface area contributed by atoms with Crippen molar-refractivity contribution in [2.45, 2.75) is 25.9 Å². The minimum absolute atomic E-state index is 0.0467. The normalized spacial score (nSPS) is 11.4. The molecule has 0 aromatic heterocycles. The number of hydrogen-bond donors (Lipinski definition) is 1. The molecule has 0 aliphatic rings. The molecule has 0 spiro atoms. The van der Waals surface area contributed by atoms with Gasteiger partial charge < -0.3 is 15.2 Å². The summed E-state index contributed by atoms with van der Waals surface area (Å²) in [5, 5.41) is 0. The lowest BCUT2D eigenvalue weighted by atomic mass is 10.1. The van der Waals surface area contributed by atoms with E-state index in [0.29, 0.717) is 6.42 Å². The summed E-state index contributed by atoms with van der Waals surface area (Å²) < 4.78 is 36.6. The van der Waals surface area contributed by atoms with E-state index in [9.17, 15) is 13.6 Å². The van der Waals surface area contributed by atoms with Crippen LogP contribution in [-0.2, 0) is 9.47 Å². The van der Waals surface area contributed by atoms with Crippen molar-refractivity contribution in [3.05, 3.63) is 29.3 Å². The monoisotopic (exact) mass is 273 g/mol. The molecule has 19 heavy (non-hydrogen) atoms. The van der Waals surface area contributed by atoms with Crippen molar-refractivity contribution in [1.29, 1.82) is 0 Å². The summed E-state index contributed by atoms with van der Waals surface area (Å²) in [4.78, 5) is 11.6. The summed E-state index contributed by atoms with van der Waals surface area (Å²) in [6.07, 6.45) is 0.439. The summed E-state index contributed by atoms with van der Waals surface area (Å²) in [6, 6.07) is 1.49. The number of carbonyl (C=O) groups is 1. The molecule has 0 saturated heterocycles. The van der Waals surface area contributed by atoms with Crippen LogP contribution in [0.15, 0.2) is 12.1 Å². The Morgan fingerprint density at radius 1 is 1.32 bits per heavy atom. The fourth-order valence-electron chi connectivity index (χ4n) is 1.29. The Morgan fingerprint density at radius 2 is 1.95 bits per heavy atom. The summed E-state index contributed by atoms with van der Waals surface area (Å²) in [5.41, 5.74) is 3.91.